The van der Waals surface area contributed by atoms with Crippen LogP contribution in [0.1, 0.15) is 24.1 Å². The zero-order valence-corrected chi connectivity index (χ0v) is 12.4. The van der Waals surface area contributed by atoms with Crippen molar-refractivity contribution >= 4 is 27.5 Å². The molecule has 2 aromatic rings. The number of hydrogen-bond acceptors (Lipinski definition) is 2. The third-order valence-corrected chi connectivity index (χ3v) is 3.67. The zero-order chi connectivity index (χ0) is 13.0. The van der Waals surface area contributed by atoms with Gasteiger partial charge in [-0.1, -0.05) is 33.6 Å². The van der Waals surface area contributed by atoms with Gasteiger partial charge in [-0.05, 0) is 42.3 Å². The van der Waals surface area contributed by atoms with E-state index in [1.54, 1.807) is 12.4 Å². The van der Waals surface area contributed by atoms with Crippen LogP contribution in [0.2, 0.25) is 5.02 Å². The molecule has 1 heterocycles. The van der Waals surface area contributed by atoms with Crippen LogP contribution in [0.15, 0.2) is 47.2 Å². The van der Waals surface area contributed by atoms with Crippen molar-refractivity contribution in [3.05, 3.63) is 63.3 Å². The molecule has 0 aliphatic rings. The summed E-state index contributed by atoms with van der Waals surface area (Å²) in [5, 5.41) is 4.22. The van der Waals surface area contributed by atoms with Crippen molar-refractivity contribution in [2.45, 2.75) is 19.5 Å². The first-order valence-electron chi connectivity index (χ1n) is 5.74. The fourth-order valence-corrected chi connectivity index (χ4v) is 2.44. The summed E-state index contributed by atoms with van der Waals surface area (Å²) < 4.78 is 0.999. The van der Waals surface area contributed by atoms with Gasteiger partial charge < -0.3 is 5.32 Å². The standard InChI is InChI=1S/C14H14BrClN2/c1-10(11-4-6-17-7-5-11)18-9-12-2-3-13(15)8-14(12)16/h2-8,10,18H,9H2,1H3. The average Bonchev–Trinajstić information content (AvgIpc) is 2.38. The van der Waals surface area contributed by atoms with Gasteiger partial charge in [-0.25, -0.2) is 0 Å². The predicted molar refractivity (Wildman–Crippen MR) is 78.6 cm³/mol. The quantitative estimate of drug-likeness (QED) is 0.904. The van der Waals surface area contributed by atoms with E-state index in [0.29, 0.717) is 0 Å². The Hall–Kier alpha value is -0.900. The van der Waals surface area contributed by atoms with Crippen molar-refractivity contribution in [3.63, 3.8) is 0 Å². The van der Waals surface area contributed by atoms with Gasteiger partial charge in [-0.15, -0.1) is 0 Å². The summed E-state index contributed by atoms with van der Waals surface area (Å²) in [6.07, 6.45) is 3.61. The lowest BCUT2D eigenvalue weighted by Crippen LogP contribution is -2.18. The monoisotopic (exact) mass is 324 g/mol. The maximum absolute atomic E-state index is 6.18. The molecule has 0 saturated heterocycles. The Morgan fingerprint density at radius 3 is 2.67 bits per heavy atom. The second-order valence-electron chi connectivity index (χ2n) is 4.12. The third kappa shape index (κ3) is 3.55. The van der Waals surface area contributed by atoms with Crippen LogP contribution in [0.3, 0.4) is 0 Å². The highest BCUT2D eigenvalue weighted by Crippen LogP contribution is 2.22. The minimum Gasteiger partial charge on any atom is -0.306 e. The Kier molecular flexibility index (Phi) is 4.75. The van der Waals surface area contributed by atoms with E-state index in [2.05, 4.69) is 33.2 Å². The van der Waals surface area contributed by atoms with Crippen molar-refractivity contribution in [1.29, 1.82) is 0 Å². The Morgan fingerprint density at radius 1 is 1.28 bits per heavy atom. The molecular formula is C14H14BrClN2. The van der Waals surface area contributed by atoms with E-state index in [0.717, 1.165) is 21.6 Å². The van der Waals surface area contributed by atoms with Crippen LogP contribution in [0.4, 0.5) is 0 Å². The number of rotatable bonds is 4. The van der Waals surface area contributed by atoms with Gasteiger partial charge in [0.1, 0.15) is 0 Å². The first-order valence-corrected chi connectivity index (χ1v) is 6.91. The maximum atomic E-state index is 6.18. The van der Waals surface area contributed by atoms with Crippen molar-refractivity contribution in [2.24, 2.45) is 0 Å². The lowest BCUT2D eigenvalue weighted by molar-refractivity contribution is 0.574. The predicted octanol–water partition coefficient (Wildman–Crippen LogP) is 4.35. The molecule has 0 fully saturated rings. The molecule has 18 heavy (non-hydrogen) atoms. The molecule has 0 radical (unpaired) electrons. The van der Waals surface area contributed by atoms with Crippen molar-refractivity contribution in [2.75, 3.05) is 0 Å². The van der Waals surface area contributed by atoms with Gasteiger partial charge in [-0.3, -0.25) is 4.98 Å². The van der Waals surface area contributed by atoms with Crippen LogP contribution in [0.5, 0.6) is 0 Å². The molecule has 0 spiro atoms. The molecule has 0 bridgehead atoms. The van der Waals surface area contributed by atoms with Crippen LogP contribution < -0.4 is 5.32 Å². The molecule has 1 unspecified atom stereocenters. The van der Waals surface area contributed by atoms with Crippen LogP contribution in [0, 0.1) is 0 Å². The SMILES string of the molecule is CC(NCc1ccc(Br)cc1Cl)c1ccncc1. The molecule has 0 aliphatic carbocycles. The number of pyridine rings is 1. The molecule has 2 nitrogen and oxygen atoms in total. The van der Waals surface area contributed by atoms with Gasteiger partial charge in [0.05, 0.1) is 0 Å². The fraction of sp³-hybridized carbons (Fsp3) is 0.214. The molecule has 1 N–H and O–H groups in total. The molecule has 2 rings (SSSR count). The molecule has 1 aromatic heterocycles. The number of halogens is 2. The summed E-state index contributed by atoms with van der Waals surface area (Å²) in [6.45, 7) is 2.87. The van der Waals surface area contributed by atoms with Crippen LogP contribution in [-0.2, 0) is 6.54 Å². The average molecular weight is 326 g/mol. The molecular weight excluding hydrogens is 312 g/mol. The number of nitrogens with one attached hydrogen (secondary N) is 1. The van der Waals surface area contributed by atoms with Crippen LogP contribution in [0.25, 0.3) is 0 Å². The normalized spacial score (nSPS) is 12.4. The molecule has 1 atom stereocenters. The Labute approximate surface area is 121 Å². The topological polar surface area (TPSA) is 24.9 Å². The lowest BCUT2D eigenvalue weighted by Gasteiger charge is -2.14. The molecule has 0 aliphatic heterocycles. The van der Waals surface area contributed by atoms with Gasteiger partial charge in [0, 0.05) is 34.5 Å². The summed E-state index contributed by atoms with van der Waals surface area (Å²) >= 11 is 9.58. The maximum Gasteiger partial charge on any atom is 0.0462 e. The number of benzene rings is 1. The van der Waals surface area contributed by atoms with E-state index in [9.17, 15) is 0 Å². The van der Waals surface area contributed by atoms with Crippen LogP contribution >= 0.6 is 27.5 Å². The molecule has 4 heteroatoms. The largest absolute Gasteiger partial charge is 0.306 e. The molecule has 1 aromatic carbocycles. The van der Waals surface area contributed by atoms with Gasteiger partial charge in [0.15, 0.2) is 0 Å². The number of nitrogens with zero attached hydrogens (tertiary/aromatic N) is 1. The zero-order valence-electron chi connectivity index (χ0n) is 10.0. The summed E-state index contributed by atoms with van der Waals surface area (Å²) in [4.78, 5) is 4.02. The van der Waals surface area contributed by atoms with E-state index in [1.807, 2.05) is 30.3 Å². The Bertz CT molecular complexity index is 516. The van der Waals surface area contributed by atoms with Crippen molar-refractivity contribution in [1.82, 2.24) is 10.3 Å². The molecule has 94 valence electrons. The smallest absolute Gasteiger partial charge is 0.0462 e. The molecule has 0 amide bonds. The summed E-state index contributed by atoms with van der Waals surface area (Å²) in [5.41, 5.74) is 2.32. The van der Waals surface area contributed by atoms with E-state index in [4.69, 9.17) is 11.6 Å². The minimum absolute atomic E-state index is 0.271. The highest BCUT2D eigenvalue weighted by Gasteiger charge is 2.06. The number of hydrogen-bond donors (Lipinski definition) is 1. The molecule has 0 saturated carbocycles. The van der Waals surface area contributed by atoms with Gasteiger partial charge >= 0.3 is 0 Å². The van der Waals surface area contributed by atoms with E-state index in [-0.39, 0.29) is 6.04 Å². The van der Waals surface area contributed by atoms with Gasteiger partial charge in [-0.2, -0.15) is 0 Å². The number of aromatic nitrogens is 1. The minimum atomic E-state index is 0.271. The first kappa shape index (κ1) is 13.5. The van der Waals surface area contributed by atoms with Crippen molar-refractivity contribution < 1.29 is 0 Å². The van der Waals surface area contributed by atoms with E-state index >= 15 is 0 Å². The fourth-order valence-electron chi connectivity index (χ4n) is 1.70. The highest BCUT2D eigenvalue weighted by atomic mass is 79.9. The van der Waals surface area contributed by atoms with Crippen LogP contribution in [-0.4, -0.2) is 4.98 Å². The Balaban J connectivity index is 1.99. The van der Waals surface area contributed by atoms with E-state index in [1.165, 1.54) is 5.56 Å². The Morgan fingerprint density at radius 2 is 2.00 bits per heavy atom. The van der Waals surface area contributed by atoms with E-state index < -0.39 is 0 Å². The van der Waals surface area contributed by atoms with Crippen molar-refractivity contribution in [3.8, 4) is 0 Å². The second-order valence-corrected chi connectivity index (χ2v) is 5.44. The lowest BCUT2D eigenvalue weighted by atomic mass is 10.1. The highest BCUT2D eigenvalue weighted by molar-refractivity contribution is 9.10. The summed E-state index contributed by atoms with van der Waals surface area (Å²) in [5.74, 6) is 0. The van der Waals surface area contributed by atoms with Gasteiger partial charge in [0.2, 0.25) is 0 Å². The third-order valence-electron chi connectivity index (χ3n) is 2.82. The van der Waals surface area contributed by atoms with Gasteiger partial charge in [0.25, 0.3) is 0 Å². The first-order chi connectivity index (χ1) is 8.66. The summed E-state index contributed by atoms with van der Waals surface area (Å²) in [6, 6.07) is 10.2. The second kappa shape index (κ2) is 6.32. The summed E-state index contributed by atoms with van der Waals surface area (Å²) in [7, 11) is 0.